The van der Waals surface area contributed by atoms with E-state index in [4.69, 9.17) is 16.7 Å². The number of amides is 1. The normalized spacial score (nSPS) is 12.8. The van der Waals surface area contributed by atoms with Crippen molar-refractivity contribution in [3.8, 4) is 0 Å². The molecule has 1 amide bonds. The van der Waals surface area contributed by atoms with E-state index in [0.717, 1.165) is 25.1 Å². The molecule has 1 atom stereocenters. The first-order valence-corrected chi connectivity index (χ1v) is 7.34. The average Bonchev–Trinajstić information content (AvgIpc) is 2.30. The molecule has 1 aromatic rings. The highest BCUT2D eigenvalue weighted by Gasteiger charge is 2.27. The van der Waals surface area contributed by atoms with Gasteiger partial charge in [0, 0.05) is 6.92 Å². The number of nitrogens with one attached hydrogen (secondary N) is 1. The van der Waals surface area contributed by atoms with Gasteiger partial charge >= 0.3 is 5.97 Å². The Labute approximate surface area is 119 Å². The number of hydrogen-bond acceptors (Lipinski definition) is 4. The molecule has 20 heavy (non-hydrogen) atoms. The fourth-order valence-electron chi connectivity index (χ4n) is 1.41. The molecule has 0 saturated carbocycles. The van der Waals surface area contributed by atoms with Crippen molar-refractivity contribution in [3.05, 3.63) is 29.0 Å². The van der Waals surface area contributed by atoms with Crippen LogP contribution in [0.5, 0.6) is 0 Å². The third-order valence-corrected chi connectivity index (χ3v) is 4.35. The third-order valence-electron chi connectivity index (χ3n) is 2.31. The van der Waals surface area contributed by atoms with Gasteiger partial charge in [-0.1, -0.05) is 11.6 Å². The number of hydrogen-bond donors (Lipinski definition) is 2. The maximum atomic E-state index is 13.0. The van der Waals surface area contributed by atoms with Gasteiger partial charge in [-0.15, -0.1) is 0 Å². The summed E-state index contributed by atoms with van der Waals surface area (Å²) in [5.41, 5.74) is 0. The van der Waals surface area contributed by atoms with Gasteiger partial charge in [0.15, 0.2) is 9.84 Å². The molecular formula is C11H11ClFNO5S. The summed E-state index contributed by atoms with van der Waals surface area (Å²) >= 11 is 5.48. The van der Waals surface area contributed by atoms with E-state index < -0.39 is 44.3 Å². The Bertz CT molecular complexity index is 646. The standard InChI is InChI=1S/C11H11ClFNO5S/c1-6(15)14-10(11(16)17)5-20(18,19)7-2-3-9(13)8(12)4-7/h2-4,10H,5H2,1H3,(H,14,15)(H,16,17). The van der Waals surface area contributed by atoms with Gasteiger partial charge in [-0.3, -0.25) is 4.79 Å². The van der Waals surface area contributed by atoms with Crippen LogP contribution in [0, 0.1) is 5.82 Å². The van der Waals surface area contributed by atoms with Crippen LogP contribution in [0.2, 0.25) is 5.02 Å². The molecule has 2 N–H and O–H groups in total. The Hall–Kier alpha value is -1.67. The van der Waals surface area contributed by atoms with Crippen LogP contribution in [0.4, 0.5) is 4.39 Å². The third kappa shape index (κ3) is 4.17. The second kappa shape index (κ2) is 6.19. The summed E-state index contributed by atoms with van der Waals surface area (Å²) in [6.07, 6.45) is 0. The van der Waals surface area contributed by atoms with Crippen molar-refractivity contribution in [1.29, 1.82) is 0 Å². The number of carbonyl (C=O) groups excluding carboxylic acids is 1. The summed E-state index contributed by atoms with van der Waals surface area (Å²) in [5, 5.41) is 10.5. The first-order valence-electron chi connectivity index (χ1n) is 5.31. The van der Waals surface area contributed by atoms with E-state index in [1.54, 1.807) is 0 Å². The second-order valence-electron chi connectivity index (χ2n) is 3.95. The fourth-order valence-corrected chi connectivity index (χ4v) is 3.08. The van der Waals surface area contributed by atoms with Crippen LogP contribution in [0.3, 0.4) is 0 Å². The molecule has 1 aromatic carbocycles. The molecule has 9 heteroatoms. The highest BCUT2D eigenvalue weighted by molar-refractivity contribution is 7.91. The monoisotopic (exact) mass is 323 g/mol. The fraction of sp³-hybridized carbons (Fsp3) is 0.273. The second-order valence-corrected chi connectivity index (χ2v) is 6.39. The molecule has 0 aliphatic rings. The highest BCUT2D eigenvalue weighted by Crippen LogP contribution is 2.20. The first-order chi connectivity index (χ1) is 9.13. The zero-order chi connectivity index (χ0) is 15.5. The Morgan fingerprint density at radius 1 is 1.45 bits per heavy atom. The topological polar surface area (TPSA) is 101 Å². The minimum absolute atomic E-state index is 0.319. The van der Waals surface area contributed by atoms with Crippen molar-refractivity contribution >= 4 is 33.3 Å². The molecule has 0 bridgehead atoms. The summed E-state index contributed by atoms with van der Waals surface area (Å²) in [4.78, 5) is 21.4. The van der Waals surface area contributed by atoms with Crippen LogP contribution >= 0.6 is 11.6 Å². The SMILES string of the molecule is CC(=O)NC(CS(=O)(=O)c1ccc(F)c(Cl)c1)C(=O)O. The zero-order valence-corrected chi connectivity index (χ0v) is 11.8. The maximum Gasteiger partial charge on any atom is 0.327 e. The predicted molar refractivity (Wildman–Crippen MR) is 68.7 cm³/mol. The quantitative estimate of drug-likeness (QED) is 0.782. The lowest BCUT2D eigenvalue weighted by Gasteiger charge is -2.13. The average molecular weight is 324 g/mol. The molecule has 0 aromatic heterocycles. The first kappa shape index (κ1) is 16.4. The van der Waals surface area contributed by atoms with E-state index >= 15 is 0 Å². The Morgan fingerprint density at radius 2 is 2.05 bits per heavy atom. The number of sulfone groups is 1. The zero-order valence-electron chi connectivity index (χ0n) is 10.3. The molecule has 0 radical (unpaired) electrons. The van der Waals surface area contributed by atoms with Gasteiger partial charge in [0.25, 0.3) is 0 Å². The minimum Gasteiger partial charge on any atom is -0.480 e. The largest absolute Gasteiger partial charge is 0.480 e. The van der Waals surface area contributed by atoms with E-state index in [0.29, 0.717) is 0 Å². The van der Waals surface area contributed by atoms with E-state index in [9.17, 15) is 22.4 Å². The van der Waals surface area contributed by atoms with Crippen molar-refractivity contribution in [2.45, 2.75) is 17.9 Å². The van der Waals surface area contributed by atoms with Crippen LogP contribution in [0.15, 0.2) is 23.1 Å². The Morgan fingerprint density at radius 3 is 2.50 bits per heavy atom. The van der Waals surface area contributed by atoms with Crippen molar-refractivity contribution < 1.29 is 27.5 Å². The smallest absolute Gasteiger partial charge is 0.327 e. The van der Waals surface area contributed by atoms with Gasteiger partial charge in [0.1, 0.15) is 11.9 Å². The molecule has 110 valence electrons. The van der Waals surface area contributed by atoms with Crippen LogP contribution in [-0.2, 0) is 19.4 Å². The molecule has 0 fully saturated rings. The highest BCUT2D eigenvalue weighted by atomic mass is 35.5. The number of aliphatic carboxylic acids is 1. The Balaban J connectivity index is 3.06. The molecule has 0 spiro atoms. The van der Waals surface area contributed by atoms with Crippen molar-refractivity contribution in [1.82, 2.24) is 5.32 Å². The van der Waals surface area contributed by atoms with Gasteiger partial charge in [0.2, 0.25) is 5.91 Å². The van der Waals surface area contributed by atoms with E-state index in [-0.39, 0.29) is 4.90 Å². The van der Waals surface area contributed by atoms with Crippen molar-refractivity contribution in [2.24, 2.45) is 0 Å². The Kier molecular flexibility index (Phi) is 5.07. The van der Waals surface area contributed by atoms with Gasteiger partial charge in [-0.2, -0.15) is 0 Å². The number of carboxylic acid groups (broad SMARTS) is 1. The molecule has 0 aliphatic heterocycles. The minimum atomic E-state index is -4.04. The summed E-state index contributed by atoms with van der Waals surface area (Å²) < 4.78 is 37.0. The number of rotatable bonds is 5. The lowest BCUT2D eigenvalue weighted by atomic mass is 10.3. The molecule has 0 saturated heterocycles. The van der Waals surface area contributed by atoms with Crippen molar-refractivity contribution in [2.75, 3.05) is 5.75 Å². The van der Waals surface area contributed by atoms with Gasteiger partial charge in [0.05, 0.1) is 15.7 Å². The summed E-state index contributed by atoms with van der Waals surface area (Å²) in [6, 6.07) is 1.13. The van der Waals surface area contributed by atoms with Crippen molar-refractivity contribution in [3.63, 3.8) is 0 Å². The van der Waals surface area contributed by atoms with E-state index in [2.05, 4.69) is 0 Å². The van der Waals surface area contributed by atoms with Crippen LogP contribution in [-0.4, -0.2) is 37.2 Å². The molecule has 6 nitrogen and oxygen atoms in total. The number of carboxylic acids is 1. The molecule has 0 aliphatic carbocycles. The van der Waals surface area contributed by atoms with Crippen LogP contribution < -0.4 is 5.32 Å². The van der Waals surface area contributed by atoms with Crippen LogP contribution in [0.25, 0.3) is 0 Å². The molecular weight excluding hydrogens is 313 g/mol. The lowest BCUT2D eigenvalue weighted by molar-refractivity contribution is -0.140. The predicted octanol–water partition coefficient (Wildman–Crippen LogP) is 0.842. The molecule has 0 heterocycles. The van der Waals surface area contributed by atoms with Gasteiger partial charge < -0.3 is 10.4 Å². The summed E-state index contributed by atoms with van der Waals surface area (Å²) in [7, 11) is -4.04. The summed E-state index contributed by atoms with van der Waals surface area (Å²) in [5.74, 6) is -3.81. The number of benzene rings is 1. The summed E-state index contributed by atoms with van der Waals surface area (Å²) in [6.45, 7) is 1.07. The molecule has 1 rings (SSSR count). The van der Waals surface area contributed by atoms with E-state index in [1.165, 1.54) is 0 Å². The van der Waals surface area contributed by atoms with E-state index in [1.807, 2.05) is 5.32 Å². The molecule has 1 unspecified atom stereocenters. The lowest BCUT2D eigenvalue weighted by Crippen LogP contribution is -2.44. The van der Waals surface area contributed by atoms with Gasteiger partial charge in [-0.05, 0) is 18.2 Å². The van der Waals surface area contributed by atoms with Crippen LogP contribution in [0.1, 0.15) is 6.92 Å². The van der Waals surface area contributed by atoms with Gasteiger partial charge in [-0.25, -0.2) is 17.6 Å². The number of carbonyl (C=O) groups is 2. The maximum absolute atomic E-state index is 13.0. The number of halogens is 2.